The highest BCUT2D eigenvalue weighted by atomic mass is 16.5. The Labute approximate surface area is 157 Å². The number of rotatable bonds is 6. The lowest BCUT2D eigenvalue weighted by atomic mass is 10.0. The third-order valence-electron chi connectivity index (χ3n) is 4.38. The fourth-order valence-corrected chi connectivity index (χ4v) is 2.92. The molecule has 1 fully saturated rings. The minimum Gasteiger partial charge on any atom is -0.508 e. The Balaban J connectivity index is 1.60. The minimum absolute atomic E-state index is 0.120. The molecule has 0 saturated carbocycles. The van der Waals surface area contributed by atoms with E-state index in [1.54, 1.807) is 48.5 Å². The van der Waals surface area contributed by atoms with E-state index in [4.69, 9.17) is 15.2 Å². The Morgan fingerprint density at radius 2 is 1.85 bits per heavy atom. The van der Waals surface area contributed by atoms with E-state index in [2.05, 4.69) is 5.32 Å². The molecule has 142 valence electrons. The number of aromatic hydroxyl groups is 1. The summed E-state index contributed by atoms with van der Waals surface area (Å²) in [6.07, 6.45) is 0.533. The number of hydrogen-bond acceptors (Lipinski definition) is 5. The SMILES string of the molecule is NC(=O)c1ccc(O[C@@H]2COCC[C@H]2NC(=O)Cc2ccc(O)cc2)cc1. The molecular formula is C20H22N2O5. The van der Waals surface area contributed by atoms with Gasteiger partial charge in [-0.3, -0.25) is 9.59 Å². The van der Waals surface area contributed by atoms with Crippen molar-refractivity contribution in [2.75, 3.05) is 13.2 Å². The second-order valence-electron chi connectivity index (χ2n) is 6.43. The molecule has 7 heteroatoms. The van der Waals surface area contributed by atoms with Gasteiger partial charge < -0.3 is 25.6 Å². The van der Waals surface area contributed by atoms with Crippen LogP contribution in [0.15, 0.2) is 48.5 Å². The number of benzene rings is 2. The highest BCUT2D eigenvalue weighted by Gasteiger charge is 2.29. The first-order chi connectivity index (χ1) is 13.0. The van der Waals surface area contributed by atoms with Crippen LogP contribution in [0, 0.1) is 0 Å². The number of amides is 2. The van der Waals surface area contributed by atoms with Crippen molar-refractivity contribution < 1.29 is 24.2 Å². The van der Waals surface area contributed by atoms with Crippen LogP contribution in [0.3, 0.4) is 0 Å². The van der Waals surface area contributed by atoms with Gasteiger partial charge in [0.1, 0.15) is 17.6 Å². The second kappa shape index (κ2) is 8.55. The van der Waals surface area contributed by atoms with Crippen LogP contribution in [-0.2, 0) is 16.0 Å². The number of primary amides is 1. The number of carbonyl (C=O) groups is 2. The summed E-state index contributed by atoms with van der Waals surface area (Å²) in [6.45, 7) is 0.909. The van der Waals surface area contributed by atoms with Gasteiger partial charge in [-0.15, -0.1) is 0 Å². The zero-order chi connectivity index (χ0) is 19.2. The highest BCUT2D eigenvalue weighted by Crippen LogP contribution is 2.19. The number of carbonyl (C=O) groups excluding carboxylic acids is 2. The lowest BCUT2D eigenvalue weighted by Gasteiger charge is -2.32. The molecule has 0 unspecified atom stereocenters. The molecule has 4 N–H and O–H groups in total. The highest BCUT2D eigenvalue weighted by molar-refractivity contribution is 5.92. The van der Waals surface area contributed by atoms with Crippen LogP contribution in [0.5, 0.6) is 11.5 Å². The fourth-order valence-electron chi connectivity index (χ4n) is 2.92. The standard InChI is InChI=1S/C20H22N2O5/c21-20(25)14-3-7-16(8-4-14)27-18-12-26-10-9-17(18)22-19(24)11-13-1-5-15(23)6-2-13/h1-8,17-18,23H,9-12H2,(H2,21,25)(H,22,24)/t17-,18-/m1/s1. The summed E-state index contributed by atoms with van der Waals surface area (Å²) in [4.78, 5) is 23.5. The number of ether oxygens (including phenoxy) is 2. The van der Waals surface area contributed by atoms with Crippen molar-refractivity contribution in [2.45, 2.75) is 25.0 Å². The van der Waals surface area contributed by atoms with Gasteiger partial charge in [0.25, 0.3) is 0 Å². The number of phenolic OH excluding ortho intramolecular Hbond substituents is 1. The summed E-state index contributed by atoms with van der Waals surface area (Å²) in [5.41, 5.74) is 6.46. The summed E-state index contributed by atoms with van der Waals surface area (Å²) in [6, 6.07) is 12.9. The molecule has 7 nitrogen and oxygen atoms in total. The number of nitrogens with one attached hydrogen (secondary N) is 1. The van der Waals surface area contributed by atoms with Crippen molar-refractivity contribution in [3.05, 3.63) is 59.7 Å². The van der Waals surface area contributed by atoms with Crippen LogP contribution in [0.25, 0.3) is 0 Å². The smallest absolute Gasteiger partial charge is 0.248 e. The average molecular weight is 370 g/mol. The topological polar surface area (TPSA) is 111 Å². The number of hydrogen-bond donors (Lipinski definition) is 3. The van der Waals surface area contributed by atoms with Gasteiger partial charge >= 0.3 is 0 Å². The third kappa shape index (κ3) is 5.21. The van der Waals surface area contributed by atoms with Crippen molar-refractivity contribution in [1.82, 2.24) is 5.32 Å². The van der Waals surface area contributed by atoms with Gasteiger partial charge in [-0.2, -0.15) is 0 Å². The van der Waals surface area contributed by atoms with Crippen LogP contribution in [0.2, 0.25) is 0 Å². The molecule has 2 amide bonds. The Bertz CT molecular complexity index is 789. The monoisotopic (exact) mass is 370 g/mol. The molecule has 1 aliphatic rings. The summed E-state index contributed by atoms with van der Waals surface area (Å²) < 4.78 is 11.4. The Morgan fingerprint density at radius 1 is 1.15 bits per heavy atom. The van der Waals surface area contributed by atoms with E-state index in [0.29, 0.717) is 30.9 Å². The molecule has 0 radical (unpaired) electrons. The van der Waals surface area contributed by atoms with Gasteiger partial charge in [0.15, 0.2) is 0 Å². The molecule has 1 aliphatic heterocycles. The zero-order valence-electron chi connectivity index (χ0n) is 14.8. The number of nitrogens with two attached hydrogens (primary N) is 1. The molecule has 1 saturated heterocycles. The molecule has 0 aliphatic carbocycles. The average Bonchev–Trinajstić information content (AvgIpc) is 2.65. The van der Waals surface area contributed by atoms with E-state index < -0.39 is 5.91 Å². The van der Waals surface area contributed by atoms with E-state index in [-0.39, 0.29) is 30.2 Å². The lowest BCUT2D eigenvalue weighted by Crippen LogP contribution is -2.51. The van der Waals surface area contributed by atoms with E-state index in [9.17, 15) is 14.7 Å². The van der Waals surface area contributed by atoms with Crippen LogP contribution in [-0.4, -0.2) is 42.3 Å². The molecule has 3 rings (SSSR count). The van der Waals surface area contributed by atoms with Gasteiger partial charge in [-0.1, -0.05) is 12.1 Å². The van der Waals surface area contributed by atoms with Gasteiger partial charge in [0.05, 0.1) is 19.1 Å². The van der Waals surface area contributed by atoms with Crippen LogP contribution >= 0.6 is 0 Å². The number of phenols is 1. The molecule has 27 heavy (non-hydrogen) atoms. The summed E-state index contributed by atoms with van der Waals surface area (Å²) in [5.74, 6) is 0.125. The Kier molecular flexibility index (Phi) is 5.93. The predicted molar refractivity (Wildman–Crippen MR) is 98.6 cm³/mol. The molecular weight excluding hydrogens is 348 g/mol. The van der Waals surface area contributed by atoms with Crippen molar-refractivity contribution in [1.29, 1.82) is 0 Å². The van der Waals surface area contributed by atoms with Crippen molar-refractivity contribution in [2.24, 2.45) is 5.73 Å². The predicted octanol–water partition coefficient (Wildman–Crippen LogP) is 1.39. The van der Waals surface area contributed by atoms with E-state index >= 15 is 0 Å². The van der Waals surface area contributed by atoms with Gasteiger partial charge in [0.2, 0.25) is 11.8 Å². The van der Waals surface area contributed by atoms with Crippen LogP contribution in [0.4, 0.5) is 0 Å². The second-order valence-corrected chi connectivity index (χ2v) is 6.43. The minimum atomic E-state index is -0.498. The maximum absolute atomic E-state index is 12.4. The summed E-state index contributed by atoms with van der Waals surface area (Å²) in [7, 11) is 0. The molecule has 2 atom stereocenters. The third-order valence-corrected chi connectivity index (χ3v) is 4.38. The summed E-state index contributed by atoms with van der Waals surface area (Å²) in [5, 5.41) is 12.3. The zero-order valence-corrected chi connectivity index (χ0v) is 14.8. The van der Waals surface area contributed by atoms with Crippen LogP contribution < -0.4 is 15.8 Å². The van der Waals surface area contributed by atoms with Gasteiger partial charge in [-0.05, 0) is 48.4 Å². The van der Waals surface area contributed by atoms with Crippen molar-refractivity contribution >= 4 is 11.8 Å². The quantitative estimate of drug-likeness (QED) is 0.712. The molecule has 0 aromatic heterocycles. The maximum atomic E-state index is 12.4. The van der Waals surface area contributed by atoms with Gasteiger partial charge in [-0.25, -0.2) is 0 Å². The van der Waals surface area contributed by atoms with E-state index in [0.717, 1.165) is 5.56 Å². The van der Waals surface area contributed by atoms with E-state index in [1.165, 1.54) is 0 Å². The maximum Gasteiger partial charge on any atom is 0.248 e. The van der Waals surface area contributed by atoms with Gasteiger partial charge in [0, 0.05) is 12.2 Å². The summed E-state index contributed by atoms with van der Waals surface area (Å²) >= 11 is 0. The molecule has 0 bridgehead atoms. The van der Waals surface area contributed by atoms with E-state index in [1.807, 2.05) is 0 Å². The van der Waals surface area contributed by atoms with Crippen LogP contribution in [0.1, 0.15) is 22.3 Å². The Morgan fingerprint density at radius 3 is 2.52 bits per heavy atom. The Hall–Kier alpha value is -3.06. The first-order valence-electron chi connectivity index (χ1n) is 8.73. The normalized spacial score (nSPS) is 19.3. The molecule has 1 heterocycles. The largest absolute Gasteiger partial charge is 0.508 e. The fraction of sp³-hybridized carbons (Fsp3) is 0.300. The first kappa shape index (κ1) is 18.7. The van der Waals surface area contributed by atoms with Crippen molar-refractivity contribution in [3.8, 4) is 11.5 Å². The lowest BCUT2D eigenvalue weighted by molar-refractivity contribution is -0.123. The molecule has 0 spiro atoms. The van der Waals surface area contributed by atoms with Crippen molar-refractivity contribution in [3.63, 3.8) is 0 Å². The first-order valence-corrected chi connectivity index (χ1v) is 8.73. The molecule has 2 aromatic carbocycles. The molecule has 2 aromatic rings.